The number of amides is 2. The van der Waals surface area contributed by atoms with Crippen LogP contribution in [0.2, 0.25) is 0 Å². The first-order valence-corrected chi connectivity index (χ1v) is 7.54. The minimum Gasteiger partial charge on any atom is -0.362 e. The highest BCUT2D eigenvalue weighted by molar-refractivity contribution is 6.35. The summed E-state index contributed by atoms with van der Waals surface area (Å²) in [7, 11) is 0. The second kappa shape index (κ2) is 6.00. The fourth-order valence-electron chi connectivity index (χ4n) is 2.73. The number of benzene rings is 1. The molecule has 1 saturated carbocycles. The number of carbonyl (C=O) groups is 2. The van der Waals surface area contributed by atoms with Crippen LogP contribution in [0.4, 0.5) is 11.4 Å². The Balaban J connectivity index is 1.61. The van der Waals surface area contributed by atoms with Crippen molar-refractivity contribution in [3.8, 4) is 0 Å². The lowest BCUT2D eigenvalue weighted by Gasteiger charge is -2.10. The van der Waals surface area contributed by atoms with Crippen molar-refractivity contribution in [1.82, 2.24) is 4.98 Å². The summed E-state index contributed by atoms with van der Waals surface area (Å²) in [5.74, 6) is 0.276. The van der Waals surface area contributed by atoms with Gasteiger partial charge in [0.1, 0.15) is 0 Å². The zero-order chi connectivity index (χ0) is 16.5. The molecule has 1 fully saturated rings. The number of aromatic amines is 1. The Bertz CT molecular complexity index is 815. The molecule has 1 aromatic carbocycles. The van der Waals surface area contributed by atoms with E-state index in [9.17, 15) is 9.59 Å². The van der Waals surface area contributed by atoms with E-state index >= 15 is 0 Å². The summed E-state index contributed by atoms with van der Waals surface area (Å²) in [5, 5.41) is 5.69. The maximum absolute atomic E-state index is 12.2. The molecule has 0 bridgehead atoms. The number of nitrogens with one attached hydrogen (secondary N) is 3. The number of anilines is 2. The molecule has 2 aromatic rings. The second-order valence-electron chi connectivity index (χ2n) is 5.53. The topological polar surface area (TPSA) is 74.0 Å². The molecule has 117 valence electrons. The van der Waals surface area contributed by atoms with Crippen molar-refractivity contribution in [2.24, 2.45) is 0 Å². The van der Waals surface area contributed by atoms with Gasteiger partial charge in [-0.1, -0.05) is 0 Å². The third kappa shape index (κ3) is 2.73. The van der Waals surface area contributed by atoms with Crippen molar-refractivity contribution in [3.63, 3.8) is 0 Å². The van der Waals surface area contributed by atoms with E-state index in [4.69, 9.17) is 0 Å². The van der Waals surface area contributed by atoms with E-state index in [2.05, 4.69) is 15.6 Å². The number of carbonyl (C=O) groups excluding carboxylic acids is 2. The Labute approximate surface area is 140 Å². The first-order valence-electron chi connectivity index (χ1n) is 7.54. The largest absolute Gasteiger partial charge is 0.362 e. The van der Waals surface area contributed by atoms with Crippen LogP contribution in [0.15, 0.2) is 36.5 Å². The number of hydrogen-bond acceptors (Lipinski definition) is 2. The van der Waals surface area contributed by atoms with Crippen molar-refractivity contribution in [2.75, 3.05) is 10.6 Å². The van der Waals surface area contributed by atoms with Crippen LogP contribution in [0.25, 0.3) is 11.6 Å². The van der Waals surface area contributed by atoms with Gasteiger partial charge in [0.05, 0.1) is 11.5 Å². The highest BCUT2D eigenvalue weighted by Crippen LogP contribution is 2.35. The molecule has 5 radical (unpaired) electrons. The summed E-state index contributed by atoms with van der Waals surface area (Å²) >= 11 is 0. The first kappa shape index (κ1) is 14.8. The molecule has 0 atom stereocenters. The first-order chi connectivity index (χ1) is 11.7. The molecule has 2 heterocycles. The van der Waals surface area contributed by atoms with E-state index < -0.39 is 0 Å². The average molecular weight is 316 g/mol. The zero-order valence-corrected chi connectivity index (χ0v) is 12.7. The van der Waals surface area contributed by atoms with Gasteiger partial charge in [-0.2, -0.15) is 0 Å². The Morgan fingerprint density at radius 1 is 1.12 bits per heavy atom. The molecule has 0 spiro atoms. The summed E-state index contributed by atoms with van der Waals surface area (Å²) in [5.41, 5.74) is 3.57. The van der Waals surface area contributed by atoms with Crippen molar-refractivity contribution >= 4 is 34.8 Å². The zero-order valence-electron chi connectivity index (χ0n) is 12.7. The van der Waals surface area contributed by atoms with E-state index in [0.29, 0.717) is 17.2 Å². The summed E-state index contributed by atoms with van der Waals surface area (Å²) in [6.45, 7) is 0. The van der Waals surface area contributed by atoms with Crippen LogP contribution >= 0.6 is 0 Å². The minimum absolute atomic E-state index is 0.154. The van der Waals surface area contributed by atoms with Gasteiger partial charge >= 0.3 is 0 Å². The Morgan fingerprint density at radius 3 is 2.71 bits per heavy atom. The molecule has 0 unspecified atom stereocenters. The van der Waals surface area contributed by atoms with Crippen molar-refractivity contribution < 1.29 is 9.59 Å². The minimum atomic E-state index is -0.174. The SMILES string of the molecule is O=C(Nc1ccc2c(c1)/C(=C/c1ccc[nH]1)C(=O)N2)[C]1[CH][CH][CH][CH]1. The smallest absolute Gasteiger partial charge is 0.256 e. The van der Waals surface area contributed by atoms with Crippen LogP contribution < -0.4 is 10.6 Å². The Hall–Kier alpha value is -2.82. The Kier molecular flexibility index (Phi) is 3.69. The Morgan fingerprint density at radius 2 is 1.96 bits per heavy atom. The number of rotatable bonds is 3. The molecule has 24 heavy (non-hydrogen) atoms. The molecule has 5 nitrogen and oxygen atoms in total. The lowest BCUT2D eigenvalue weighted by atomic mass is 10.0. The summed E-state index contributed by atoms with van der Waals surface area (Å²) in [4.78, 5) is 27.4. The molecule has 2 amide bonds. The van der Waals surface area contributed by atoms with Gasteiger partial charge in [-0.15, -0.1) is 0 Å². The van der Waals surface area contributed by atoms with Gasteiger partial charge in [0, 0.05) is 28.8 Å². The molecule has 4 rings (SSSR count). The van der Waals surface area contributed by atoms with E-state index in [0.717, 1.165) is 16.9 Å². The quantitative estimate of drug-likeness (QED) is 0.762. The second-order valence-corrected chi connectivity index (χ2v) is 5.53. The fraction of sp³-hybridized carbons (Fsp3) is 0. The number of hydrogen-bond donors (Lipinski definition) is 3. The number of fused-ring (bicyclic) bond motifs is 1. The molecule has 5 heteroatoms. The van der Waals surface area contributed by atoms with Crippen molar-refractivity contribution in [2.45, 2.75) is 0 Å². The van der Waals surface area contributed by atoms with E-state index in [-0.39, 0.29) is 11.8 Å². The molecule has 0 saturated heterocycles. The van der Waals surface area contributed by atoms with Gasteiger partial charge in [0.25, 0.3) is 5.91 Å². The molecule has 1 aromatic heterocycles. The molecular weight excluding hydrogens is 302 g/mol. The van der Waals surface area contributed by atoms with Crippen LogP contribution in [0.5, 0.6) is 0 Å². The maximum atomic E-state index is 12.2. The van der Waals surface area contributed by atoms with Crippen LogP contribution in [-0.2, 0) is 9.59 Å². The number of aromatic nitrogens is 1. The van der Waals surface area contributed by atoms with Crippen molar-refractivity contribution in [1.29, 1.82) is 0 Å². The average Bonchev–Trinajstić information content (AvgIpc) is 3.31. The van der Waals surface area contributed by atoms with Gasteiger partial charge in [0.2, 0.25) is 5.91 Å². The summed E-state index contributed by atoms with van der Waals surface area (Å²) in [6.07, 6.45) is 10.7. The predicted molar refractivity (Wildman–Crippen MR) is 92.8 cm³/mol. The maximum Gasteiger partial charge on any atom is 0.256 e. The third-order valence-corrected chi connectivity index (χ3v) is 3.91. The van der Waals surface area contributed by atoms with Crippen LogP contribution in [0, 0.1) is 31.6 Å². The molecule has 3 N–H and O–H groups in total. The number of H-pyrrole nitrogens is 1. The predicted octanol–water partition coefficient (Wildman–Crippen LogP) is 2.85. The van der Waals surface area contributed by atoms with Crippen LogP contribution in [0.1, 0.15) is 11.3 Å². The fourth-order valence-corrected chi connectivity index (χ4v) is 2.73. The lowest BCUT2D eigenvalue weighted by molar-refractivity contribution is -0.114. The van der Waals surface area contributed by atoms with Gasteiger partial charge in [-0.3, -0.25) is 9.59 Å². The normalized spacial score (nSPS) is 18.7. The van der Waals surface area contributed by atoms with Gasteiger partial charge < -0.3 is 15.6 Å². The van der Waals surface area contributed by atoms with E-state index in [1.807, 2.05) is 31.0 Å². The summed E-state index contributed by atoms with van der Waals surface area (Å²) < 4.78 is 0. The van der Waals surface area contributed by atoms with E-state index in [1.54, 1.807) is 37.2 Å². The van der Waals surface area contributed by atoms with Crippen molar-refractivity contribution in [3.05, 3.63) is 79.4 Å². The van der Waals surface area contributed by atoms with Gasteiger partial charge in [-0.25, -0.2) is 0 Å². The lowest BCUT2D eigenvalue weighted by Crippen LogP contribution is -2.19. The van der Waals surface area contributed by atoms with E-state index in [1.165, 1.54) is 0 Å². The highest BCUT2D eigenvalue weighted by Gasteiger charge is 2.27. The third-order valence-electron chi connectivity index (χ3n) is 3.91. The van der Waals surface area contributed by atoms with Gasteiger partial charge in [0.15, 0.2) is 0 Å². The summed E-state index contributed by atoms with van der Waals surface area (Å²) in [6, 6.07) is 9.14. The molecule has 2 aliphatic rings. The van der Waals surface area contributed by atoms with Gasteiger partial charge in [-0.05, 0) is 62.1 Å². The molecular formula is C19H14N3O2. The molecule has 1 aliphatic heterocycles. The monoisotopic (exact) mass is 316 g/mol. The molecule has 1 aliphatic carbocycles. The highest BCUT2D eigenvalue weighted by atomic mass is 16.2. The standard InChI is InChI=1S/C19H14N3O2/c23-18(12-4-1-2-5-12)21-14-7-8-17-15(11-14)16(19(24)22-17)10-13-6-3-9-20-13/h1-11,20H,(H,21,23)(H,22,24)/b16-10-. The van der Waals surface area contributed by atoms with Crippen LogP contribution in [0.3, 0.4) is 0 Å². The van der Waals surface area contributed by atoms with Crippen LogP contribution in [-0.4, -0.2) is 16.8 Å².